The Kier molecular flexibility index (Phi) is 3.69. The Labute approximate surface area is 102 Å². The van der Waals surface area contributed by atoms with Gasteiger partial charge in [0.15, 0.2) is 0 Å². The Morgan fingerprint density at radius 2 is 2.24 bits per heavy atom. The van der Waals surface area contributed by atoms with Crippen LogP contribution in [0.2, 0.25) is 0 Å². The maximum absolute atomic E-state index is 9.11. The monoisotopic (exact) mass is 238 g/mol. The molecule has 2 N–H and O–H groups in total. The van der Waals surface area contributed by atoms with Crippen LogP contribution in [-0.4, -0.2) is 46.0 Å². The molecule has 0 saturated heterocycles. The third-order valence-electron chi connectivity index (χ3n) is 3.39. The SMILES string of the molecule is CNc1c(CN(CCO)C2CC2)c(C)nn1C. The average Bonchev–Trinajstić information content (AvgIpc) is 3.07. The molecule has 2 rings (SSSR count). The van der Waals surface area contributed by atoms with Crippen molar-refractivity contribution in [3.8, 4) is 0 Å². The minimum Gasteiger partial charge on any atom is -0.395 e. The second-order valence-electron chi connectivity index (χ2n) is 4.71. The molecule has 5 heteroatoms. The van der Waals surface area contributed by atoms with Crippen LogP contribution in [0.4, 0.5) is 5.82 Å². The second-order valence-corrected chi connectivity index (χ2v) is 4.71. The van der Waals surface area contributed by atoms with Crippen LogP contribution < -0.4 is 5.32 Å². The zero-order valence-electron chi connectivity index (χ0n) is 10.9. The summed E-state index contributed by atoms with van der Waals surface area (Å²) < 4.78 is 1.88. The third kappa shape index (κ3) is 2.61. The molecule has 1 aliphatic rings. The van der Waals surface area contributed by atoms with Crippen LogP contribution in [0.5, 0.6) is 0 Å². The van der Waals surface area contributed by atoms with E-state index >= 15 is 0 Å². The van der Waals surface area contributed by atoms with Crippen LogP contribution >= 0.6 is 0 Å². The van der Waals surface area contributed by atoms with Gasteiger partial charge in [-0.15, -0.1) is 0 Å². The van der Waals surface area contributed by atoms with Gasteiger partial charge in [0.1, 0.15) is 5.82 Å². The molecule has 17 heavy (non-hydrogen) atoms. The maximum atomic E-state index is 9.11. The van der Waals surface area contributed by atoms with Gasteiger partial charge in [0, 0.05) is 38.8 Å². The Bertz CT molecular complexity index is 384. The number of aromatic nitrogens is 2. The summed E-state index contributed by atoms with van der Waals surface area (Å²) in [4.78, 5) is 2.35. The second kappa shape index (κ2) is 5.06. The normalized spacial score (nSPS) is 15.6. The van der Waals surface area contributed by atoms with Crippen molar-refractivity contribution in [1.29, 1.82) is 0 Å². The first-order chi connectivity index (χ1) is 8.17. The number of anilines is 1. The summed E-state index contributed by atoms with van der Waals surface area (Å²) in [6, 6.07) is 0.659. The van der Waals surface area contributed by atoms with Gasteiger partial charge in [-0.3, -0.25) is 9.58 Å². The highest BCUT2D eigenvalue weighted by atomic mass is 16.3. The number of nitrogens with zero attached hydrogens (tertiary/aromatic N) is 3. The van der Waals surface area contributed by atoms with Crippen LogP contribution in [-0.2, 0) is 13.6 Å². The summed E-state index contributed by atoms with van der Waals surface area (Å²) in [6.45, 7) is 3.90. The molecule has 1 aromatic heterocycles. The number of nitrogens with one attached hydrogen (secondary N) is 1. The van der Waals surface area contributed by atoms with Gasteiger partial charge in [-0.1, -0.05) is 0 Å². The van der Waals surface area contributed by atoms with E-state index in [9.17, 15) is 0 Å². The first kappa shape index (κ1) is 12.4. The molecule has 0 aliphatic heterocycles. The van der Waals surface area contributed by atoms with E-state index in [0.717, 1.165) is 24.6 Å². The minimum atomic E-state index is 0.227. The van der Waals surface area contributed by atoms with Gasteiger partial charge in [-0.05, 0) is 19.8 Å². The van der Waals surface area contributed by atoms with Crippen LogP contribution in [0.25, 0.3) is 0 Å². The van der Waals surface area contributed by atoms with Gasteiger partial charge >= 0.3 is 0 Å². The van der Waals surface area contributed by atoms with Crippen LogP contribution in [0, 0.1) is 6.92 Å². The Balaban J connectivity index is 2.15. The lowest BCUT2D eigenvalue weighted by Gasteiger charge is -2.21. The Hall–Kier alpha value is -1.07. The molecule has 0 aromatic carbocycles. The van der Waals surface area contributed by atoms with Gasteiger partial charge in [0.25, 0.3) is 0 Å². The smallest absolute Gasteiger partial charge is 0.128 e. The van der Waals surface area contributed by atoms with Gasteiger partial charge < -0.3 is 10.4 Å². The molecule has 5 nitrogen and oxygen atoms in total. The van der Waals surface area contributed by atoms with E-state index in [4.69, 9.17) is 5.11 Å². The Morgan fingerprint density at radius 3 is 2.76 bits per heavy atom. The number of aliphatic hydroxyl groups excluding tert-OH is 1. The largest absolute Gasteiger partial charge is 0.395 e. The molecule has 0 radical (unpaired) electrons. The predicted molar refractivity (Wildman–Crippen MR) is 68.0 cm³/mol. The number of aryl methyl sites for hydroxylation is 2. The molecule has 0 bridgehead atoms. The van der Waals surface area contributed by atoms with E-state index in [-0.39, 0.29) is 6.61 Å². The number of rotatable bonds is 6. The fourth-order valence-corrected chi connectivity index (χ4v) is 2.37. The van der Waals surface area contributed by atoms with Gasteiger partial charge in [0.2, 0.25) is 0 Å². The maximum Gasteiger partial charge on any atom is 0.128 e. The van der Waals surface area contributed by atoms with Crippen molar-refractivity contribution in [3.63, 3.8) is 0 Å². The molecule has 0 unspecified atom stereocenters. The lowest BCUT2D eigenvalue weighted by molar-refractivity contribution is 0.183. The van der Waals surface area contributed by atoms with Crippen molar-refractivity contribution in [1.82, 2.24) is 14.7 Å². The first-order valence-corrected chi connectivity index (χ1v) is 6.22. The fraction of sp³-hybridized carbons (Fsp3) is 0.750. The van der Waals surface area contributed by atoms with Crippen molar-refractivity contribution < 1.29 is 5.11 Å². The Morgan fingerprint density at radius 1 is 1.53 bits per heavy atom. The summed E-state index contributed by atoms with van der Waals surface area (Å²) >= 11 is 0. The molecule has 1 aromatic rings. The van der Waals surface area contributed by atoms with E-state index in [1.807, 2.05) is 25.7 Å². The zero-order chi connectivity index (χ0) is 12.4. The van der Waals surface area contributed by atoms with E-state index in [1.165, 1.54) is 18.4 Å². The summed E-state index contributed by atoms with van der Waals surface area (Å²) in [6.07, 6.45) is 2.52. The number of aliphatic hydroxyl groups is 1. The molecular formula is C12H22N4O. The molecule has 1 aliphatic carbocycles. The lowest BCUT2D eigenvalue weighted by Crippen LogP contribution is -2.29. The highest BCUT2D eigenvalue weighted by molar-refractivity contribution is 5.47. The van der Waals surface area contributed by atoms with Crippen molar-refractivity contribution in [2.75, 3.05) is 25.5 Å². The summed E-state index contributed by atoms with van der Waals surface area (Å²) in [5.74, 6) is 1.08. The molecule has 0 spiro atoms. The van der Waals surface area contributed by atoms with Crippen LogP contribution in [0.15, 0.2) is 0 Å². The summed E-state index contributed by atoms with van der Waals surface area (Å²) in [7, 11) is 3.88. The predicted octanol–water partition coefficient (Wildman–Crippen LogP) is 0.727. The van der Waals surface area contributed by atoms with E-state index < -0.39 is 0 Å². The third-order valence-corrected chi connectivity index (χ3v) is 3.39. The first-order valence-electron chi connectivity index (χ1n) is 6.22. The van der Waals surface area contributed by atoms with Gasteiger partial charge in [-0.25, -0.2) is 0 Å². The van der Waals surface area contributed by atoms with Crippen LogP contribution in [0.3, 0.4) is 0 Å². The van der Waals surface area contributed by atoms with Crippen molar-refractivity contribution >= 4 is 5.82 Å². The number of hydrogen-bond donors (Lipinski definition) is 2. The quantitative estimate of drug-likeness (QED) is 0.767. The zero-order valence-corrected chi connectivity index (χ0v) is 10.9. The molecule has 0 amide bonds. The van der Waals surface area contributed by atoms with Crippen molar-refractivity contribution in [2.45, 2.75) is 32.4 Å². The van der Waals surface area contributed by atoms with E-state index in [1.54, 1.807) is 0 Å². The minimum absolute atomic E-state index is 0.227. The topological polar surface area (TPSA) is 53.3 Å². The lowest BCUT2D eigenvalue weighted by atomic mass is 10.2. The molecule has 96 valence electrons. The van der Waals surface area contributed by atoms with Crippen molar-refractivity contribution in [3.05, 3.63) is 11.3 Å². The van der Waals surface area contributed by atoms with E-state index in [2.05, 4.69) is 15.3 Å². The molecule has 1 heterocycles. The molecule has 0 atom stereocenters. The van der Waals surface area contributed by atoms with Gasteiger partial charge in [-0.2, -0.15) is 5.10 Å². The van der Waals surface area contributed by atoms with Crippen molar-refractivity contribution in [2.24, 2.45) is 7.05 Å². The summed E-state index contributed by atoms with van der Waals surface area (Å²) in [5.41, 5.74) is 2.32. The highest BCUT2D eigenvalue weighted by Crippen LogP contribution is 2.30. The fourth-order valence-electron chi connectivity index (χ4n) is 2.37. The van der Waals surface area contributed by atoms with Crippen LogP contribution in [0.1, 0.15) is 24.1 Å². The molecular weight excluding hydrogens is 216 g/mol. The van der Waals surface area contributed by atoms with E-state index in [0.29, 0.717) is 6.04 Å². The standard InChI is InChI=1S/C12H22N4O/c1-9-11(12(13-2)15(3)14-9)8-16(6-7-17)10-4-5-10/h10,13,17H,4-8H2,1-3H3. The van der Waals surface area contributed by atoms with Gasteiger partial charge in [0.05, 0.1) is 12.3 Å². The highest BCUT2D eigenvalue weighted by Gasteiger charge is 2.29. The molecule has 1 saturated carbocycles. The molecule has 1 fully saturated rings. The average molecular weight is 238 g/mol. The number of hydrogen-bond acceptors (Lipinski definition) is 4. The summed E-state index contributed by atoms with van der Waals surface area (Å²) in [5, 5.41) is 16.8.